The smallest absolute Gasteiger partial charge is 0.0622 e. The highest BCUT2D eigenvalue weighted by atomic mass is 14.9. The van der Waals surface area contributed by atoms with E-state index in [0.29, 0.717) is 6.67 Å². The summed E-state index contributed by atoms with van der Waals surface area (Å²) in [5, 5.41) is 2.94. The molecule has 2 heteroatoms. The first-order chi connectivity index (χ1) is 5.41. The van der Waals surface area contributed by atoms with Crippen molar-refractivity contribution in [2.75, 3.05) is 6.67 Å². The monoisotopic (exact) mass is 156 g/mol. The van der Waals surface area contributed by atoms with Crippen LogP contribution in [0.4, 0.5) is 0 Å². The first kappa shape index (κ1) is 10.5. The molecule has 2 nitrogen and oxygen atoms in total. The van der Waals surface area contributed by atoms with E-state index < -0.39 is 0 Å². The van der Waals surface area contributed by atoms with Crippen molar-refractivity contribution in [2.45, 2.75) is 39.0 Å². The van der Waals surface area contributed by atoms with E-state index in [1.807, 2.05) is 6.20 Å². The summed E-state index contributed by atoms with van der Waals surface area (Å²) in [6.07, 6.45) is 10.6. The van der Waals surface area contributed by atoms with Crippen LogP contribution >= 0.6 is 0 Å². The lowest BCUT2D eigenvalue weighted by Gasteiger charge is -1.94. The Bertz CT molecular complexity index is 89.6. The first-order valence-corrected chi connectivity index (χ1v) is 4.50. The molecule has 0 bridgehead atoms. The second-order valence-corrected chi connectivity index (χ2v) is 2.66. The zero-order valence-corrected chi connectivity index (χ0v) is 7.47. The highest BCUT2D eigenvalue weighted by Crippen LogP contribution is 2.02. The number of nitrogens with one attached hydrogen (secondary N) is 1. The lowest BCUT2D eigenvalue weighted by atomic mass is 10.1. The van der Waals surface area contributed by atoms with Crippen molar-refractivity contribution >= 4 is 0 Å². The van der Waals surface area contributed by atoms with E-state index in [1.54, 1.807) is 0 Å². The molecule has 0 aromatic carbocycles. The summed E-state index contributed by atoms with van der Waals surface area (Å²) in [4.78, 5) is 0. The molecule has 0 rings (SSSR count). The molecule has 0 aliphatic carbocycles. The van der Waals surface area contributed by atoms with Gasteiger partial charge < -0.3 is 11.1 Å². The molecular weight excluding hydrogens is 136 g/mol. The van der Waals surface area contributed by atoms with Gasteiger partial charge in [-0.15, -0.1) is 0 Å². The van der Waals surface area contributed by atoms with Crippen LogP contribution in [-0.4, -0.2) is 6.67 Å². The van der Waals surface area contributed by atoms with Gasteiger partial charge in [0.1, 0.15) is 0 Å². The summed E-state index contributed by atoms with van der Waals surface area (Å²) in [6.45, 7) is 2.76. The molecule has 11 heavy (non-hydrogen) atoms. The van der Waals surface area contributed by atoms with Crippen molar-refractivity contribution in [3.05, 3.63) is 12.3 Å². The molecular formula is C9H20N2. The largest absolute Gasteiger partial charge is 0.379 e. The van der Waals surface area contributed by atoms with Crippen LogP contribution in [-0.2, 0) is 0 Å². The van der Waals surface area contributed by atoms with Gasteiger partial charge in [0.25, 0.3) is 0 Å². The lowest BCUT2D eigenvalue weighted by Crippen LogP contribution is -2.15. The molecule has 0 amide bonds. The Labute approximate surface area is 69.9 Å². The minimum absolute atomic E-state index is 0.533. The third-order valence-corrected chi connectivity index (χ3v) is 1.58. The van der Waals surface area contributed by atoms with Crippen molar-refractivity contribution in [1.29, 1.82) is 0 Å². The highest BCUT2D eigenvalue weighted by Gasteiger charge is 1.83. The molecule has 0 spiro atoms. The summed E-state index contributed by atoms with van der Waals surface area (Å²) < 4.78 is 0. The predicted octanol–water partition coefficient (Wildman–Crippen LogP) is 1.98. The number of unbranched alkanes of at least 4 members (excludes halogenated alkanes) is 4. The fourth-order valence-corrected chi connectivity index (χ4v) is 0.924. The molecule has 3 N–H and O–H groups in total. The molecule has 0 fully saturated rings. The zero-order chi connectivity index (χ0) is 8.36. The van der Waals surface area contributed by atoms with E-state index in [0.717, 1.165) is 0 Å². The fraction of sp³-hybridized carbons (Fsp3) is 0.778. The van der Waals surface area contributed by atoms with Crippen molar-refractivity contribution in [2.24, 2.45) is 5.73 Å². The van der Waals surface area contributed by atoms with Crippen molar-refractivity contribution < 1.29 is 0 Å². The average Bonchev–Trinajstić information content (AvgIpc) is 2.03. The van der Waals surface area contributed by atoms with Crippen LogP contribution in [0, 0.1) is 0 Å². The summed E-state index contributed by atoms with van der Waals surface area (Å²) in [5.41, 5.74) is 5.23. The summed E-state index contributed by atoms with van der Waals surface area (Å²) in [7, 11) is 0. The van der Waals surface area contributed by atoms with Crippen LogP contribution in [0.5, 0.6) is 0 Å². The third kappa shape index (κ3) is 9.50. The molecule has 0 aromatic heterocycles. The van der Waals surface area contributed by atoms with Gasteiger partial charge in [0, 0.05) is 0 Å². The maximum Gasteiger partial charge on any atom is 0.0622 e. The van der Waals surface area contributed by atoms with Crippen LogP contribution in [0.25, 0.3) is 0 Å². The average molecular weight is 156 g/mol. The molecule has 0 saturated heterocycles. The summed E-state index contributed by atoms with van der Waals surface area (Å²) in [6, 6.07) is 0. The SMILES string of the molecule is CCCCCCC=CNCN. The maximum atomic E-state index is 5.23. The molecule has 0 aromatic rings. The molecule has 0 aliphatic heterocycles. The molecule has 0 unspecified atom stereocenters. The Morgan fingerprint density at radius 2 is 2.09 bits per heavy atom. The lowest BCUT2D eigenvalue weighted by molar-refractivity contribution is 0.673. The standard InChI is InChI=1S/C9H20N2/c1-2-3-4-5-6-7-8-11-9-10/h7-8,11H,2-6,9-10H2,1H3. The number of hydrogen-bond acceptors (Lipinski definition) is 2. The van der Waals surface area contributed by atoms with Crippen LogP contribution in [0.15, 0.2) is 12.3 Å². The van der Waals surface area contributed by atoms with Crippen LogP contribution in [0.2, 0.25) is 0 Å². The molecule has 0 atom stereocenters. The van der Waals surface area contributed by atoms with Crippen LogP contribution < -0.4 is 11.1 Å². The third-order valence-electron chi connectivity index (χ3n) is 1.58. The van der Waals surface area contributed by atoms with E-state index in [-0.39, 0.29) is 0 Å². The molecule has 0 saturated carbocycles. The molecule has 0 radical (unpaired) electrons. The Hall–Kier alpha value is -0.500. The summed E-state index contributed by atoms with van der Waals surface area (Å²) in [5.74, 6) is 0. The van der Waals surface area contributed by atoms with Gasteiger partial charge in [0.05, 0.1) is 6.67 Å². The van der Waals surface area contributed by atoms with Crippen LogP contribution in [0.3, 0.4) is 0 Å². The van der Waals surface area contributed by atoms with Gasteiger partial charge in [0.15, 0.2) is 0 Å². The van der Waals surface area contributed by atoms with E-state index in [1.165, 1.54) is 32.1 Å². The Morgan fingerprint density at radius 1 is 1.27 bits per heavy atom. The first-order valence-electron chi connectivity index (χ1n) is 4.50. The zero-order valence-electron chi connectivity index (χ0n) is 7.47. The van der Waals surface area contributed by atoms with Gasteiger partial charge in [-0.05, 0) is 19.0 Å². The topological polar surface area (TPSA) is 38.0 Å². The molecule has 0 aliphatic rings. The van der Waals surface area contributed by atoms with Crippen molar-refractivity contribution in [1.82, 2.24) is 5.32 Å². The van der Waals surface area contributed by atoms with Crippen molar-refractivity contribution in [3.8, 4) is 0 Å². The normalized spacial score (nSPS) is 10.7. The molecule has 66 valence electrons. The van der Waals surface area contributed by atoms with Gasteiger partial charge >= 0.3 is 0 Å². The van der Waals surface area contributed by atoms with Gasteiger partial charge in [0.2, 0.25) is 0 Å². The van der Waals surface area contributed by atoms with E-state index in [2.05, 4.69) is 18.3 Å². The van der Waals surface area contributed by atoms with Gasteiger partial charge in [-0.25, -0.2) is 0 Å². The minimum atomic E-state index is 0.533. The molecule has 0 heterocycles. The van der Waals surface area contributed by atoms with Gasteiger partial charge in [-0.3, -0.25) is 0 Å². The predicted molar refractivity (Wildman–Crippen MR) is 50.1 cm³/mol. The quantitative estimate of drug-likeness (QED) is 0.437. The minimum Gasteiger partial charge on any atom is -0.379 e. The highest BCUT2D eigenvalue weighted by molar-refractivity contribution is 4.78. The second kappa shape index (κ2) is 9.50. The number of hydrogen-bond donors (Lipinski definition) is 2. The summed E-state index contributed by atoms with van der Waals surface area (Å²) >= 11 is 0. The van der Waals surface area contributed by atoms with E-state index in [9.17, 15) is 0 Å². The number of allylic oxidation sites excluding steroid dienone is 1. The van der Waals surface area contributed by atoms with E-state index in [4.69, 9.17) is 5.73 Å². The maximum absolute atomic E-state index is 5.23. The Balaban J connectivity index is 2.89. The van der Waals surface area contributed by atoms with Gasteiger partial charge in [-0.2, -0.15) is 0 Å². The Kier molecular flexibility index (Phi) is 9.07. The van der Waals surface area contributed by atoms with Crippen LogP contribution in [0.1, 0.15) is 39.0 Å². The van der Waals surface area contributed by atoms with Crippen molar-refractivity contribution in [3.63, 3.8) is 0 Å². The second-order valence-electron chi connectivity index (χ2n) is 2.66. The number of rotatable bonds is 7. The fourth-order valence-electron chi connectivity index (χ4n) is 0.924. The Morgan fingerprint density at radius 3 is 2.73 bits per heavy atom. The number of nitrogens with two attached hydrogens (primary N) is 1. The van der Waals surface area contributed by atoms with E-state index >= 15 is 0 Å². The van der Waals surface area contributed by atoms with Gasteiger partial charge in [-0.1, -0.05) is 32.3 Å².